The Labute approximate surface area is 113 Å². The molecule has 1 N–H and O–H groups in total. The fraction of sp³-hybridized carbons (Fsp3) is 0.417. The van der Waals surface area contributed by atoms with Gasteiger partial charge in [-0.15, -0.1) is 0 Å². The van der Waals surface area contributed by atoms with Gasteiger partial charge in [-0.2, -0.15) is 0 Å². The number of rotatable bonds is 5. The summed E-state index contributed by atoms with van der Waals surface area (Å²) in [6.45, 7) is 1.92. The Bertz CT molecular complexity index is 423. The van der Waals surface area contributed by atoms with Crippen LogP contribution in [-0.4, -0.2) is 28.2 Å². The summed E-state index contributed by atoms with van der Waals surface area (Å²) in [5, 5.41) is 2.88. The first-order valence-corrected chi connectivity index (χ1v) is 7.87. The summed E-state index contributed by atoms with van der Waals surface area (Å²) in [6, 6.07) is 7.28. The Morgan fingerprint density at radius 3 is 2.82 bits per heavy atom. The van der Waals surface area contributed by atoms with Gasteiger partial charge in [-0.1, -0.05) is 22.0 Å². The first-order chi connectivity index (χ1) is 7.99. The second-order valence-corrected chi connectivity index (χ2v) is 6.42. The lowest BCUT2D eigenvalue weighted by atomic mass is 10.2. The summed E-state index contributed by atoms with van der Waals surface area (Å²) in [4.78, 5) is 11.8. The molecule has 0 aliphatic rings. The molecule has 1 aromatic rings. The molecule has 0 saturated heterocycles. The van der Waals surface area contributed by atoms with Crippen molar-refractivity contribution in [2.24, 2.45) is 0 Å². The van der Waals surface area contributed by atoms with E-state index in [0.29, 0.717) is 11.3 Å². The summed E-state index contributed by atoms with van der Waals surface area (Å²) in [7, 11) is -0.808. The van der Waals surface area contributed by atoms with Crippen LogP contribution in [-0.2, 0) is 10.8 Å². The topological polar surface area (TPSA) is 46.2 Å². The second-order valence-electron chi connectivity index (χ2n) is 3.95. The fourth-order valence-electron chi connectivity index (χ4n) is 1.35. The summed E-state index contributed by atoms with van der Waals surface area (Å²) in [5.74, 6) is 0.514. The Morgan fingerprint density at radius 1 is 1.53 bits per heavy atom. The Morgan fingerprint density at radius 2 is 2.24 bits per heavy atom. The van der Waals surface area contributed by atoms with E-state index in [2.05, 4.69) is 21.2 Å². The van der Waals surface area contributed by atoms with Gasteiger partial charge in [-0.25, -0.2) is 0 Å². The van der Waals surface area contributed by atoms with Crippen molar-refractivity contribution in [2.75, 3.05) is 12.0 Å². The Hall–Kier alpha value is -0.680. The van der Waals surface area contributed by atoms with Gasteiger partial charge < -0.3 is 5.32 Å². The standard InChI is InChI=1S/C12H16BrNO2S/c1-9(6-7-17(2)16)14-12(15)10-4-3-5-11(13)8-10/h3-5,8-9H,6-7H2,1-2H3,(H,14,15). The summed E-state index contributed by atoms with van der Waals surface area (Å²) >= 11 is 3.33. The molecule has 94 valence electrons. The van der Waals surface area contributed by atoms with Crippen LogP contribution in [0.1, 0.15) is 23.7 Å². The third kappa shape index (κ3) is 5.46. The van der Waals surface area contributed by atoms with Crippen LogP contribution in [0, 0.1) is 0 Å². The van der Waals surface area contributed by atoms with Gasteiger partial charge in [0.15, 0.2) is 0 Å². The largest absolute Gasteiger partial charge is 0.350 e. The minimum atomic E-state index is -0.808. The van der Waals surface area contributed by atoms with E-state index in [1.165, 1.54) is 0 Å². The molecule has 0 fully saturated rings. The number of carbonyl (C=O) groups excluding carboxylic acids is 1. The molecule has 0 spiro atoms. The highest BCUT2D eigenvalue weighted by Gasteiger charge is 2.10. The zero-order valence-electron chi connectivity index (χ0n) is 9.90. The lowest BCUT2D eigenvalue weighted by Crippen LogP contribution is -2.33. The van der Waals surface area contributed by atoms with Crippen LogP contribution >= 0.6 is 15.9 Å². The van der Waals surface area contributed by atoms with E-state index in [9.17, 15) is 9.00 Å². The SMILES string of the molecule is CC(CCS(C)=O)NC(=O)c1cccc(Br)c1. The van der Waals surface area contributed by atoms with Gasteiger partial charge in [0.2, 0.25) is 0 Å². The van der Waals surface area contributed by atoms with Crippen LogP contribution in [0.4, 0.5) is 0 Å². The molecule has 0 bridgehead atoms. The molecular formula is C12H16BrNO2S. The van der Waals surface area contributed by atoms with Gasteiger partial charge in [0.25, 0.3) is 5.91 Å². The quantitative estimate of drug-likeness (QED) is 0.906. The molecule has 3 nitrogen and oxygen atoms in total. The molecule has 2 unspecified atom stereocenters. The van der Waals surface area contributed by atoms with E-state index in [1.807, 2.05) is 19.1 Å². The maximum absolute atomic E-state index is 11.8. The molecule has 0 radical (unpaired) electrons. The van der Waals surface area contributed by atoms with Crippen molar-refractivity contribution in [1.82, 2.24) is 5.32 Å². The zero-order valence-corrected chi connectivity index (χ0v) is 12.3. The molecule has 0 saturated carbocycles. The molecule has 1 rings (SSSR count). The van der Waals surface area contributed by atoms with Crippen LogP contribution in [0.5, 0.6) is 0 Å². The van der Waals surface area contributed by atoms with Gasteiger partial charge in [0.1, 0.15) is 0 Å². The monoisotopic (exact) mass is 317 g/mol. The van der Waals surface area contributed by atoms with Gasteiger partial charge in [0.05, 0.1) is 0 Å². The molecule has 17 heavy (non-hydrogen) atoms. The van der Waals surface area contributed by atoms with E-state index in [0.717, 1.165) is 10.9 Å². The van der Waals surface area contributed by atoms with Crippen molar-refractivity contribution in [2.45, 2.75) is 19.4 Å². The summed E-state index contributed by atoms with van der Waals surface area (Å²) in [6.07, 6.45) is 2.39. The Kier molecular flexibility index (Phi) is 5.85. The van der Waals surface area contributed by atoms with E-state index in [-0.39, 0.29) is 11.9 Å². The molecule has 0 aliphatic heterocycles. The molecule has 2 atom stereocenters. The van der Waals surface area contributed by atoms with Crippen molar-refractivity contribution in [1.29, 1.82) is 0 Å². The number of amides is 1. The van der Waals surface area contributed by atoms with Crippen molar-refractivity contribution in [3.63, 3.8) is 0 Å². The van der Waals surface area contributed by atoms with E-state index >= 15 is 0 Å². The number of benzene rings is 1. The first kappa shape index (κ1) is 14.4. The highest BCUT2D eigenvalue weighted by Crippen LogP contribution is 2.11. The lowest BCUT2D eigenvalue weighted by molar-refractivity contribution is 0.0939. The maximum Gasteiger partial charge on any atom is 0.251 e. The van der Waals surface area contributed by atoms with Gasteiger partial charge in [-0.05, 0) is 31.5 Å². The van der Waals surface area contributed by atoms with E-state index < -0.39 is 10.8 Å². The van der Waals surface area contributed by atoms with Crippen molar-refractivity contribution < 1.29 is 9.00 Å². The van der Waals surface area contributed by atoms with Crippen molar-refractivity contribution in [3.8, 4) is 0 Å². The summed E-state index contributed by atoms with van der Waals surface area (Å²) < 4.78 is 11.8. The van der Waals surface area contributed by atoms with Crippen LogP contribution in [0.15, 0.2) is 28.7 Å². The van der Waals surface area contributed by atoms with Crippen molar-refractivity contribution >= 4 is 32.6 Å². The van der Waals surface area contributed by atoms with Gasteiger partial charge in [0, 0.05) is 38.9 Å². The van der Waals surface area contributed by atoms with E-state index in [4.69, 9.17) is 0 Å². The third-order valence-electron chi connectivity index (χ3n) is 2.30. The average Bonchev–Trinajstić information content (AvgIpc) is 2.26. The fourth-order valence-corrected chi connectivity index (χ4v) is 2.44. The minimum Gasteiger partial charge on any atom is -0.350 e. The molecule has 0 heterocycles. The van der Waals surface area contributed by atoms with Crippen molar-refractivity contribution in [3.05, 3.63) is 34.3 Å². The highest BCUT2D eigenvalue weighted by atomic mass is 79.9. The molecule has 5 heteroatoms. The van der Waals surface area contributed by atoms with Crippen LogP contribution < -0.4 is 5.32 Å². The predicted molar refractivity (Wildman–Crippen MR) is 74.6 cm³/mol. The average molecular weight is 318 g/mol. The second kappa shape index (κ2) is 6.91. The number of hydrogen-bond acceptors (Lipinski definition) is 2. The molecule has 0 aliphatic carbocycles. The number of hydrogen-bond donors (Lipinski definition) is 1. The third-order valence-corrected chi connectivity index (χ3v) is 3.61. The van der Waals surface area contributed by atoms with Gasteiger partial charge in [-0.3, -0.25) is 9.00 Å². The van der Waals surface area contributed by atoms with E-state index in [1.54, 1.807) is 18.4 Å². The molecular weight excluding hydrogens is 302 g/mol. The molecule has 1 amide bonds. The van der Waals surface area contributed by atoms with Crippen LogP contribution in [0.25, 0.3) is 0 Å². The number of carbonyl (C=O) groups is 1. The minimum absolute atomic E-state index is 0.0328. The first-order valence-electron chi connectivity index (χ1n) is 5.35. The van der Waals surface area contributed by atoms with Gasteiger partial charge >= 0.3 is 0 Å². The molecule has 1 aromatic carbocycles. The normalized spacial score (nSPS) is 14.1. The number of nitrogens with one attached hydrogen (secondary N) is 1. The number of halogens is 1. The van der Waals surface area contributed by atoms with Crippen LogP contribution in [0.3, 0.4) is 0 Å². The summed E-state index contributed by atoms with van der Waals surface area (Å²) in [5.41, 5.74) is 0.629. The van der Waals surface area contributed by atoms with Crippen LogP contribution in [0.2, 0.25) is 0 Å². The lowest BCUT2D eigenvalue weighted by Gasteiger charge is -2.13. The molecule has 0 aromatic heterocycles. The smallest absolute Gasteiger partial charge is 0.251 e. The predicted octanol–water partition coefficient (Wildman–Crippen LogP) is 2.34. The maximum atomic E-state index is 11.8. The Balaban J connectivity index is 2.51. The highest BCUT2D eigenvalue weighted by molar-refractivity contribution is 9.10. The zero-order chi connectivity index (χ0) is 12.8.